The SMILES string of the molecule is CCOC1CC(CC(NC)c2nccn2C)C1. The number of rotatable bonds is 6. The van der Waals surface area contributed by atoms with Crippen LogP contribution in [0.4, 0.5) is 0 Å². The molecule has 0 radical (unpaired) electrons. The molecule has 0 saturated heterocycles. The van der Waals surface area contributed by atoms with Crippen molar-refractivity contribution in [1.82, 2.24) is 14.9 Å². The molecule has 4 heteroatoms. The largest absolute Gasteiger partial charge is 0.378 e. The Morgan fingerprint density at radius 1 is 1.59 bits per heavy atom. The summed E-state index contributed by atoms with van der Waals surface area (Å²) in [5.41, 5.74) is 0. The number of ether oxygens (including phenoxy) is 1. The molecule has 0 bridgehead atoms. The van der Waals surface area contributed by atoms with Gasteiger partial charge in [0.1, 0.15) is 5.82 Å². The fourth-order valence-corrected chi connectivity index (χ4v) is 2.64. The topological polar surface area (TPSA) is 39.1 Å². The Hall–Kier alpha value is -0.870. The number of imidazole rings is 1. The van der Waals surface area contributed by atoms with Crippen LogP contribution in [0.3, 0.4) is 0 Å². The second kappa shape index (κ2) is 5.65. The Labute approximate surface area is 103 Å². The molecule has 1 unspecified atom stereocenters. The molecule has 1 heterocycles. The van der Waals surface area contributed by atoms with E-state index in [1.165, 1.54) is 12.8 Å². The van der Waals surface area contributed by atoms with Crippen LogP contribution < -0.4 is 5.32 Å². The van der Waals surface area contributed by atoms with Gasteiger partial charge in [0.05, 0.1) is 12.1 Å². The zero-order valence-corrected chi connectivity index (χ0v) is 11.0. The Bertz CT molecular complexity index is 344. The standard InChI is InChI=1S/C13H23N3O/c1-4-17-11-7-10(8-11)9-12(14-2)13-15-5-6-16(13)3/h5-6,10-12,14H,4,7-9H2,1-3H3. The number of nitrogens with one attached hydrogen (secondary N) is 1. The maximum atomic E-state index is 5.60. The molecule has 1 N–H and O–H groups in total. The van der Waals surface area contributed by atoms with E-state index in [9.17, 15) is 0 Å². The van der Waals surface area contributed by atoms with Crippen molar-refractivity contribution in [1.29, 1.82) is 0 Å². The first-order valence-electron chi connectivity index (χ1n) is 6.50. The molecule has 0 spiro atoms. The third-order valence-corrected chi connectivity index (χ3v) is 3.68. The third-order valence-electron chi connectivity index (χ3n) is 3.68. The minimum Gasteiger partial charge on any atom is -0.378 e. The minimum absolute atomic E-state index is 0.363. The third kappa shape index (κ3) is 2.87. The van der Waals surface area contributed by atoms with Crippen LogP contribution >= 0.6 is 0 Å². The van der Waals surface area contributed by atoms with Gasteiger partial charge >= 0.3 is 0 Å². The first-order chi connectivity index (χ1) is 8.24. The fourth-order valence-electron chi connectivity index (χ4n) is 2.64. The lowest BCUT2D eigenvalue weighted by Gasteiger charge is -2.36. The van der Waals surface area contributed by atoms with Gasteiger partial charge in [0.25, 0.3) is 0 Å². The second-order valence-electron chi connectivity index (χ2n) is 4.89. The molecule has 4 nitrogen and oxygen atoms in total. The zero-order valence-electron chi connectivity index (χ0n) is 11.0. The van der Waals surface area contributed by atoms with Crippen LogP contribution in [0.2, 0.25) is 0 Å². The summed E-state index contributed by atoms with van der Waals surface area (Å²) in [6, 6.07) is 0.363. The van der Waals surface area contributed by atoms with Crippen molar-refractivity contribution in [2.24, 2.45) is 13.0 Å². The highest BCUT2D eigenvalue weighted by Gasteiger charge is 2.32. The molecule has 1 aromatic heterocycles. The lowest BCUT2D eigenvalue weighted by molar-refractivity contribution is -0.0292. The van der Waals surface area contributed by atoms with Crippen LogP contribution in [0.5, 0.6) is 0 Å². The lowest BCUT2D eigenvalue weighted by atomic mass is 9.78. The predicted octanol–water partition coefficient (Wildman–Crippen LogP) is 1.89. The van der Waals surface area contributed by atoms with Crippen molar-refractivity contribution >= 4 is 0 Å². The van der Waals surface area contributed by atoms with Gasteiger partial charge in [0.15, 0.2) is 0 Å². The van der Waals surface area contributed by atoms with E-state index in [-0.39, 0.29) is 0 Å². The number of aromatic nitrogens is 2. The average molecular weight is 237 g/mol. The molecular weight excluding hydrogens is 214 g/mol. The average Bonchev–Trinajstić information content (AvgIpc) is 2.68. The first-order valence-corrected chi connectivity index (χ1v) is 6.50. The second-order valence-corrected chi connectivity index (χ2v) is 4.89. The summed E-state index contributed by atoms with van der Waals surface area (Å²) in [5, 5.41) is 3.37. The molecule has 17 heavy (non-hydrogen) atoms. The van der Waals surface area contributed by atoms with Gasteiger partial charge in [-0.1, -0.05) is 0 Å². The molecule has 0 aliphatic heterocycles. The van der Waals surface area contributed by atoms with E-state index >= 15 is 0 Å². The van der Waals surface area contributed by atoms with Crippen molar-refractivity contribution in [3.8, 4) is 0 Å². The highest BCUT2D eigenvalue weighted by atomic mass is 16.5. The molecule has 0 aromatic carbocycles. The van der Waals surface area contributed by atoms with E-state index in [0.717, 1.165) is 24.8 Å². The first kappa shape index (κ1) is 12.6. The van der Waals surface area contributed by atoms with Gasteiger partial charge in [0, 0.05) is 26.0 Å². The quantitative estimate of drug-likeness (QED) is 0.821. The summed E-state index contributed by atoms with van der Waals surface area (Å²) < 4.78 is 7.69. The molecule has 96 valence electrons. The number of aryl methyl sites for hydroxylation is 1. The molecule has 0 amide bonds. The van der Waals surface area contributed by atoms with E-state index in [1.54, 1.807) is 0 Å². The molecule has 1 atom stereocenters. The fraction of sp³-hybridized carbons (Fsp3) is 0.769. The van der Waals surface area contributed by atoms with Crippen molar-refractivity contribution < 1.29 is 4.74 Å². The van der Waals surface area contributed by atoms with Gasteiger partial charge in [-0.05, 0) is 39.2 Å². The molecule has 1 aliphatic rings. The van der Waals surface area contributed by atoms with E-state index < -0.39 is 0 Å². The minimum atomic E-state index is 0.363. The Kier molecular flexibility index (Phi) is 4.18. The highest BCUT2D eigenvalue weighted by Crippen LogP contribution is 2.36. The van der Waals surface area contributed by atoms with Crippen molar-refractivity contribution in [2.75, 3.05) is 13.7 Å². The van der Waals surface area contributed by atoms with Crippen LogP contribution in [-0.4, -0.2) is 29.3 Å². The molecule has 1 fully saturated rings. The Morgan fingerprint density at radius 2 is 2.35 bits per heavy atom. The van der Waals surface area contributed by atoms with Gasteiger partial charge in [-0.25, -0.2) is 4.98 Å². The normalized spacial score (nSPS) is 25.6. The monoisotopic (exact) mass is 237 g/mol. The smallest absolute Gasteiger partial charge is 0.125 e. The lowest BCUT2D eigenvalue weighted by Crippen LogP contribution is -2.34. The maximum Gasteiger partial charge on any atom is 0.125 e. The summed E-state index contributed by atoms with van der Waals surface area (Å²) in [7, 11) is 4.06. The van der Waals surface area contributed by atoms with Gasteiger partial charge in [-0.15, -0.1) is 0 Å². The zero-order chi connectivity index (χ0) is 12.3. The van der Waals surface area contributed by atoms with Crippen LogP contribution in [0.15, 0.2) is 12.4 Å². The number of hydrogen-bond acceptors (Lipinski definition) is 3. The van der Waals surface area contributed by atoms with Gasteiger partial charge in [-0.2, -0.15) is 0 Å². The summed E-state index contributed by atoms with van der Waals surface area (Å²) in [4.78, 5) is 4.42. The maximum absolute atomic E-state index is 5.60. The van der Waals surface area contributed by atoms with E-state index in [4.69, 9.17) is 4.74 Å². The molecule has 1 aliphatic carbocycles. The van der Waals surface area contributed by atoms with Crippen LogP contribution in [0, 0.1) is 5.92 Å². The summed E-state index contributed by atoms with van der Waals surface area (Å²) in [6.07, 6.45) is 7.94. The molecule has 1 aromatic rings. The Morgan fingerprint density at radius 3 is 2.88 bits per heavy atom. The highest BCUT2D eigenvalue weighted by molar-refractivity contribution is 5.00. The summed E-state index contributed by atoms with van der Waals surface area (Å²) >= 11 is 0. The van der Waals surface area contributed by atoms with Gasteiger partial charge < -0.3 is 14.6 Å². The van der Waals surface area contributed by atoms with Crippen LogP contribution in [0.1, 0.15) is 38.1 Å². The molecular formula is C13H23N3O. The van der Waals surface area contributed by atoms with Crippen molar-refractivity contribution in [3.05, 3.63) is 18.2 Å². The summed E-state index contributed by atoms with van der Waals surface area (Å²) in [5.74, 6) is 1.91. The van der Waals surface area contributed by atoms with Crippen molar-refractivity contribution in [3.63, 3.8) is 0 Å². The van der Waals surface area contributed by atoms with Crippen LogP contribution in [0.25, 0.3) is 0 Å². The van der Waals surface area contributed by atoms with Crippen molar-refractivity contribution in [2.45, 2.75) is 38.3 Å². The molecule has 2 rings (SSSR count). The van der Waals surface area contributed by atoms with Gasteiger partial charge in [0.2, 0.25) is 0 Å². The number of hydrogen-bond donors (Lipinski definition) is 1. The van der Waals surface area contributed by atoms with E-state index in [0.29, 0.717) is 12.1 Å². The summed E-state index contributed by atoms with van der Waals surface area (Å²) in [6.45, 7) is 2.91. The van der Waals surface area contributed by atoms with E-state index in [1.807, 2.05) is 19.4 Å². The van der Waals surface area contributed by atoms with E-state index in [2.05, 4.69) is 28.8 Å². The predicted molar refractivity (Wildman–Crippen MR) is 67.8 cm³/mol. The van der Waals surface area contributed by atoms with Gasteiger partial charge in [-0.3, -0.25) is 0 Å². The number of nitrogens with zero attached hydrogens (tertiary/aromatic N) is 2. The molecule has 1 saturated carbocycles. The van der Waals surface area contributed by atoms with Crippen LogP contribution in [-0.2, 0) is 11.8 Å². The Balaban J connectivity index is 1.84.